The predicted octanol–water partition coefficient (Wildman–Crippen LogP) is 2.98. The number of H-pyrrole nitrogens is 1. The van der Waals surface area contributed by atoms with E-state index in [9.17, 15) is 0 Å². The van der Waals surface area contributed by atoms with Gasteiger partial charge in [-0.15, -0.1) is 0 Å². The summed E-state index contributed by atoms with van der Waals surface area (Å²) in [5.41, 5.74) is 8.09. The van der Waals surface area contributed by atoms with Gasteiger partial charge in [0.2, 0.25) is 0 Å². The maximum Gasteiger partial charge on any atom is 0.148 e. The number of unbranched alkanes of at least 4 members (excludes halogenated alkanes) is 1. The standard InChI is InChI=1S/C11H21N3/c1-4-6-7-9(5-2)10-8(3)11(12)14-13-10/h9H,4-7H2,1-3H3,(H3,12,13,14). The average molecular weight is 195 g/mol. The van der Waals surface area contributed by atoms with Crippen LogP contribution in [0.2, 0.25) is 0 Å². The van der Waals surface area contributed by atoms with Gasteiger partial charge < -0.3 is 5.73 Å². The molecule has 0 saturated carbocycles. The molecule has 0 aliphatic heterocycles. The predicted molar refractivity (Wildman–Crippen MR) is 60.3 cm³/mol. The molecule has 0 saturated heterocycles. The van der Waals surface area contributed by atoms with Crippen molar-refractivity contribution in [2.75, 3.05) is 5.73 Å². The van der Waals surface area contributed by atoms with Crippen molar-refractivity contribution >= 4 is 5.82 Å². The zero-order valence-electron chi connectivity index (χ0n) is 9.43. The average Bonchev–Trinajstić information content (AvgIpc) is 2.51. The molecular weight excluding hydrogens is 174 g/mol. The van der Waals surface area contributed by atoms with Crippen LogP contribution in [0.5, 0.6) is 0 Å². The van der Waals surface area contributed by atoms with Gasteiger partial charge in [0.15, 0.2) is 0 Å². The topological polar surface area (TPSA) is 54.7 Å². The molecule has 0 radical (unpaired) electrons. The number of nitrogen functional groups attached to an aromatic ring is 1. The van der Waals surface area contributed by atoms with Crippen molar-refractivity contribution in [2.45, 2.75) is 52.4 Å². The van der Waals surface area contributed by atoms with Crippen LogP contribution >= 0.6 is 0 Å². The molecule has 0 aliphatic rings. The van der Waals surface area contributed by atoms with Crippen LogP contribution in [0, 0.1) is 6.92 Å². The Labute approximate surface area is 86.1 Å². The van der Waals surface area contributed by atoms with Gasteiger partial charge in [-0.2, -0.15) is 5.10 Å². The number of nitrogens with two attached hydrogens (primary N) is 1. The van der Waals surface area contributed by atoms with Crippen LogP contribution in [-0.4, -0.2) is 10.2 Å². The summed E-state index contributed by atoms with van der Waals surface area (Å²) in [6.45, 7) is 6.49. The third-order valence-electron chi connectivity index (χ3n) is 2.89. The van der Waals surface area contributed by atoms with E-state index < -0.39 is 0 Å². The molecular formula is C11H21N3. The van der Waals surface area contributed by atoms with E-state index in [2.05, 4.69) is 24.0 Å². The molecule has 1 heterocycles. The highest BCUT2D eigenvalue weighted by Crippen LogP contribution is 2.28. The smallest absolute Gasteiger partial charge is 0.148 e. The normalized spacial score (nSPS) is 13.1. The first-order valence-corrected chi connectivity index (χ1v) is 5.51. The molecule has 14 heavy (non-hydrogen) atoms. The molecule has 0 fully saturated rings. The van der Waals surface area contributed by atoms with Crippen LogP contribution in [-0.2, 0) is 0 Å². The number of nitrogens with zero attached hydrogens (tertiary/aromatic N) is 1. The molecule has 0 bridgehead atoms. The van der Waals surface area contributed by atoms with E-state index in [1.54, 1.807) is 0 Å². The molecule has 3 heteroatoms. The minimum Gasteiger partial charge on any atom is -0.382 e. The van der Waals surface area contributed by atoms with Crippen molar-refractivity contribution < 1.29 is 0 Å². The summed E-state index contributed by atoms with van der Waals surface area (Å²) in [6.07, 6.45) is 4.91. The number of anilines is 1. The van der Waals surface area contributed by atoms with Gasteiger partial charge in [-0.05, 0) is 19.8 Å². The third-order valence-corrected chi connectivity index (χ3v) is 2.89. The van der Waals surface area contributed by atoms with E-state index in [0.717, 1.165) is 12.0 Å². The Bertz CT molecular complexity index is 278. The Morgan fingerprint density at radius 2 is 2.14 bits per heavy atom. The second kappa shape index (κ2) is 5.03. The summed E-state index contributed by atoms with van der Waals surface area (Å²) in [6, 6.07) is 0. The molecule has 1 aromatic heterocycles. The lowest BCUT2D eigenvalue weighted by Crippen LogP contribution is -2.00. The van der Waals surface area contributed by atoms with Gasteiger partial charge in [-0.1, -0.05) is 26.7 Å². The van der Waals surface area contributed by atoms with Gasteiger partial charge in [0.05, 0.1) is 0 Å². The minimum absolute atomic E-state index is 0.597. The van der Waals surface area contributed by atoms with Crippen LogP contribution in [0.15, 0.2) is 0 Å². The molecule has 3 nitrogen and oxygen atoms in total. The van der Waals surface area contributed by atoms with E-state index in [0.29, 0.717) is 11.7 Å². The summed E-state index contributed by atoms with van der Waals surface area (Å²) >= 11 is 0. The Kier molecular flexibility index (Phi) is 3.98. The Balaban J connectivity index is 2.73. The first-order valence-electron chi connectivity index (χ1n) is 5.51. The first-order chi connectivity index (χ1) is 6.70. The van der Waals surface area contributed by atoms with Crippen molar-refractivity contribution in [1.29, 1.82) is 0 Å². The maximum atomic E-state index is 5.72. The summed E-state index contributed by atoms with van der Waals surface area (Å²) in [4.78, 5) is 0. The SMILES string of the molecule is CCCCC(CC)c1[nH]nc(N)c1C. The molecule has 1 aromatic rings. The molecule has 3 N–H and O–H groups in total. The fourth-order valence-electron chi connectivity index (χ4n) is 1.83. The quantitative estimate of drug-likeness (QED) is 0.759. The van der Waals surface area contributed by atoms with E-state index in [4.69, 9.17) is 5.73 Å². The molecule has 0 amide bonds. The lowest BCUT2D eigenvalue weighted by molar-refractivity contribution is 0.554. The van der Waals surface area contributed by atoms with Crippen molar-refractivity contribution in [2.24, 2.45) is 0 Å². The van der Waals surface area contributed by atoms with Crippen molar-refractivity contribution in [1.82, 2.24) is 10.2 Å². The molecule has 1 atom stereocenters. The van der Waals surface area contributed by atoms with Gasteiger partial charge in [0, 0.05) is 17.2 Å². The van der Waals surface area contributed by atoms with Crippen molar-refractivity contribution in [3.63, 3.8) is 0 Å². The molecule has 80 valence electrons. The minimum atomic E-state index is 0.597. The number of aromatic nitrogens is 2. The van der Waals surface area contributed by atoms with Gasteiger partial charge in [-0.3, -0.25) is 5.10 Å². The largest absolute Gasteiger partial charge is 0.382 e. The molecule has 0 aliphatic carbocycles. The van der Waals surface area contributed by atoms with Gasteiger partial charge >= 0.3 is 0 Å². The number of hydrogen-bond donors (Lipinski definition) is 2. The van der Waals surface area contributed by atoms with E-state index >= 15 is 0 Å². The van der Waals surface area contributed by atoms with E-state index in [1.807, 2.05) is 6.92 Å². The van der Waals surface area contributed by atoms with Gasteiger partial charge in [-0.25, -0.2) is 0 Å². The highest BCUT2D eigenvalue weighted by atomic mass is 15.2. The van der Waals surface area contributed by atoms with Crippen molar-refractivity contribution in [3.05, 3.63) is 11.3 Å². The van der Waals surface area contributed by atoms with Crippen LogP contribution in [0.3, 0.4) is 0 Å². The lowest BCUT2D eigenvalue weighted by Gasteiger charge is -2.13. The first kappa shape index (κ1) is 11.1. The highest BCUT2D eigenvalue weighted by molar-refractivity contribution is 5.41. The third kappa shape index (κ3) is 2.28. The summed E-state index contributed by atoms with van der Waals surface area (Å²) < 4.78 is 0. The van der Waals surface area contributed by atoms with Crippen molar-refractivity contribution in [3.8, 4) is 0 Å². The van der Waals surface area contributed by atoms with Crippen LogP contribution in [0.4, 0.5) is 5.82 Å². The number of rotatable bonds is 5. The Hall–Kier alpha value is -0.990. The number of hydrogen-bond acceptors (Lipinski definition) is 2. The second-order valence-corrected chi connectivity index (χ2v) is 3.89. The second-order valence-electron chi connectivity index (χ2n) is 3.89. The van der Waals surface area contributed by atoms with Gasteiger partial charge in [0.25, 0.3) is 0 Å². The number of aromatic amines is 1. The van der Waals surface area contributed by atoms with Gasteiger partial charge in [0.1, 0.15) is 5.82 Å². The lowest BCUT2D eigenvalue weighted by atomic mass is 9.94. The molecule has 1 unspecified atom stereocenters. The molecule has 0 spiro atoms. The Morgan fingerprint density at radius 1 is 1.43 bits per heavy atom. The molecule has 0 aromatic carbocycles. The zero-order chi connectivity index (χ0) is 10.6. The van der Waals surface area contributed by atoms with Crippen LogP contribution in [0.1, 0.15) is 56.7 Å². The van der Waals surface area contributed by atoms with Crippen LogP contribution < -0.4 is 5.73 Å². The monoisotopic (exact) mass is 195 g/mol. The summed E-state index contributed by atoms with van der Waals surface area (Å²) in [5.74, 6) is 1.25. The highest BCUT2D eigenvalue weighted by Gasteiger charge is 2.15. The summed E-state index contributed by atoms with van der Waals surface area (Å²) in [5, 5.41) is 7.10. The fourth-order valence-corrected chi connectivity index (χ4v) is 1.83. The van der Waals surface area contributed by atoms with E-state index in [1.165, 1.54) is 25.0 Å². The fraction of sp³-hybridized carbons (Fsp3) is 0.727. The Morgan fingerprint density at radius 3 is 2.57 bits per heavy atom. The van der Waals surface area contributed by atoms with Crippen LogP contribution in [0.25, 0.3) is 0 Å². The van der Waals surface area contributed by atoms with E-state index in [-0.39, 0.29) is 0 Å². The zero-order valence-corrected chi connectivity index (χ0v) is 9.43. The molecule has 1 rings (SSSR count). The number of nitrogens with one attached hydrogen (secondary N) is 1. The maximum absolute atomic E-state index is 5.72. The summed E-state index contributed by atoms with van der Waals surface area (Å²) in [7, 11) is 0.